The van der Waals surface area contributed by atoms with Gasteiger partial charge >= 0.3 is 5.76 Å². The predicted molar refractivity (Wildman–Crippen MR) is 109 cm³/mol. The molecule has 29 heavy (non-hydrogen) atoms. The van der Waals surface area contributed by atoms with E-state index >= 15 is 0 Å². The number of piperidine rings is 1. The molecule has 2 aromatic carbocycles. The summed E-state index contributed by atoms with van der Waals surface area (Å²) in [6.45, 7) is 1.05. The number of oxazole rings is 1. The molecular formula is C21H21ClN2O5. The van der Waals surface area contributed by atoms with Crippen LogP contribution in [0, 0.1) is 0 Å². The van der Waals surface area contributed by atoms with Crippen molar-refractivity contribution in [3.63, 3.8) is 0 Å². The van der Waals surface area contributed by atoms with Crippen LogP contribution in [0.5, 0.6) is 11.5 Å². The van der Waals surface area contributed by atoms with Gasteiger partial charge in [-0.3, -0.25) is 9.36 Å². The minimum atomic E-state index is -0.399. The van der Waals surface area contributed by atoms with Gasteiger partial charge in [0.1, 0.15) is 11.5 Å². The highest BCUT2D eigenvalue weighted by atomic mass is 35.5. The zero-order chi connectivity index (χ0) is 20.5. The molecule has 152 valence electrons. The standard InChI is InChI=1S/C21H21ClN2O5/c1-27-15-4-5-16(19(12-15)28-2)20(25)23-9-7-14(8-10-23)24-17-11-13(22)3-6-18(17)29-21(24)26/h3-6,11-12,14H,7-10H2,1-2H3. The van der Waals surface area contributed by atoms with Gasteiger partial charge < -0.3 is 18.8 Å². The monoisotopic (exact) mass is 416 g/mol. The molecule has 7 nitrogen and oxygen atoms in total. The summed E-state index contributed by atoms with van der Waals surface area (Å²) in [4.78, 5) is 27.1. The highest BCUT2D eigenvalue weighted by Crippen LogP contribution is 2.30. The first-order valence-electron chi connectivity index (χ1n) is 9.33. The molecule has 0 aliphatic carbocycles. The molecule has 0 unspecified atom stereocenters. The first-order valence-corrected chi connectivity index (χ1v) is 9.71. The van der Waals surface area contributed by atoms with Crippen LogP contribution in [0.1, 0.15) is 29.2 Å². The van der Waals surface area contributed by atoms with Gasteiger partial charge in [0.2, 0.25) is 0 Å². The predicted octanol–water partition coefficient (Wildman–Crippen LogP) is 3.74. The number of hydrogen-bond donors (Lipinski definition) is 0. The number of fused-ring (bicyclic) bond motifs is 1. The van der Waals surface area contributed by atoms with Crippen LogP contribution in [0.2, 0.25) is 5.02 Å². The second-order valence-electron chi connectivity index (χ2n) is 6.94. The minimum absolute atomic E-state index is 0.0518. The van der Waals surface area contributed by atoms with Gasteiger partial charge in [-0.2, -0.15) is 0 Å². The minimum Gasteiger partial charge on any atom is -0.497 e. The number of carbonyl (C=O) groups excluding carboxylic acids is 1. The summed E-state index contributed by atoms with van der Waals surface area (Å²) in [5, 5.41) is 0.547. The number of aromatic nitrogens is 1. The van der Waals surface area contributed by atoms with Crippen molar-refractivity contribution in [2.24, 2.45) is 0 Å². The summed E-state index contributed by atoms with van der Waals surface area (Å²) >= 11 is 6.09. The lowest BCUT2D eigenvalue weighted by atomic mass is 10.0. The van der Waals surface area contributed by atoms with Crippen molar-refractivity contribution in [1.29, 1.82) is 0 Å². The Balaban J connectivity index is 1.53. The van der Waals surface area contributed by atoms with Crippen LogP contribution in [0.3, 0.4) is 0 Å². The number of rotatable bonds is 4. The topological polar surface area (TPSA) is 73.9 Å². The number of likely N-dealkylation sites (tertiary alicyclic amines) is 1. The molecule has 1 aliphatic rings. The molecule has 0 saturated carbocycles. The average Bonchev–Trinajstić information content (AvgIpc) is 3.07. The summed E-state index contributed by atoms with van der Waals surface area (Å²) in [7, 11) is 3.09. The van der Waals surface area contributed by atoms with E-state index < -0.39 is 5.76 Å². The van der Waals surface area contributed by atoms with Crippen molar-refractivity contribution < 1.29 is 18.7 Å². The smallest absolute Gasteiger partial charge is 0.420 e. The molecule has 0 spiro atoms. The van der Waals surface area contributed by atoms with Crippen LogP contribution >= 0.6 is 11.6 Å². The Hall–Kier alpha value is -2.93. The van der Waals surface area contributed by atoms with Crippen LogP contribution in [0.4, 0.5) is 0 Å². The number of nitrogens with zero attached hydrogens (tertiary/aromatic N) is 2. The van der Waals surface area contributed by atoms with Crippen LogP contribution < -0.4 is 15.2 Å². The normalized spacial score (nSPS) is 14.9. The Morgan fingerprint density at radius 3 is 2.55 bits per heavy atom. The van der Waals surface area contributed by atoms with Gasteiger partial charge in [0.25, 0.3) is 5.91 Å². The summed E-state index contributed by atoms with van der Waals surface area (Å²) in [5.41, 5.74) is 1.69. The second-order valence-corrected chi connectivity index (χ2v) is 7.38. The SMILES string of the molecule is COc1ccc(C(=O)N2CCC(n3c(=O)oc4ccc(Cl)cc43)CC2)c(OC)c1. The molecule has 1 amide bonds. The third-order valence-electron chi connectivity index (χ3n) is 5.33. The quantitative estimate of drug-likeness (QED) is 0.647. The van der Waals surface area contributed by atoms with Crippen molar-refractivity contribution in [2.45, 2.75) is 18.9 Å². The molecule has 1 aromatic heterocycles. The first-order chi connectivity index (χ1) is 14.0. The molecule has 4 rings (SSSR count). The van der Waals surface area contributed by atoms with Crippen molar-refractivity contribution in [2.75, 3.05) is 27.3 Å². The third kappa shape index (κ3) is 3.58. The maximum Gasteiger partial charge on any atom is 0.420 e. The van der Waals surface area contributed by atoms with E-state index in [-0.39, 0.29) is 11.9 Å². The second kappa shape index (κ2) is 7.83. The fraction of sp³-hybridized carbons (Fsp3) is 0.333. The summed E-state index contributed by atoms with van der Waals surface area (Å²) in [6, 6.07) is 10.2. The lowest BCUT2D eigenvalue weighted by Gasteiger charge is -2.32. The number of hydrogen-bond acceptors (Lipinski definition) is 5. The van der Waals surface area contributed by atoms with Crippen LogP contribution in [0.25, 0.3) is 11.1 Å². The van der Waals surface area contributed by atoms with E-state index in [1.807, 2.05) is 0 Å². The Morgan fingerprint density at radius 1 is 1.10 bits per heavy atom. The molecule has 8 heteroatoms. The largest absolute Gasteiger partial charge is 0.497 e. The van der Waals surface area contributed by atoms with Crippen molar-refractivity contribution in [3.8, 4) is 11.5 Å². The zero-order valence-electron chi connectivity index (χ0n) is 16.2. The molecule has 3 aromatic rings. The fourth-order valence-electron chi connectivity index (χ4n) is 3.83. The van der Waals surface area contributed by atoms with Crippen molar-refractivity contribution >= 4 is 28.6 Å². The van der Waals surface area contributed by atoms with Crippen LogP contribution in [-0.2, 0) is 0 Å². The fourth-order valence-corrected chi connectivity index (χ4v) is 3.99. The molecule has 1 saturated heterocycles. The molecule has 1 aliphatic heterocycles. The average molecular weight is 417 g/mol. The van der Waals surface area contributed by atoms with Gasteiger partial charge in [-0.15, -0.1) is 0 Å². The van der Waals surface area contributed by atoms with E-state index in [0.29, 0.717) is 59.1 Å². The number of methoxy groups -OCH3 is 2. The van der Waals surface area contributed by atoms with Crippen LogP contribution in [-0.4, -0.2) is 42.7 Å². The van der Waals surface area contributed by atoms with Gasteiger partial charge in [-0.1, -0.05) is 11.6 Å². The molecule has 0 N–H and O–H groups in total. The maximum absolute atomic E-state index is 13.0. The molecule has 1 fully saturated rings. The summed E-state index contributed by atoms with van der Waals surface area (Å²) in [6.07, 6.45) is 1.29. The molecule has 0 radical (unpaired) electrons. The third-order valence-corrected chi connectivity index (χ3v) is 5.57. The summed E-state index contributed by atoms with van der Waals surface area (Å²) in [5.74, 6) is 0.601. The Kier molecular flexibility index (Phi) is 5.24. The highest BCUT2D eigenvalue weighted by molar-refractivity contribution is 6.31. The van der Waals surface area contributed by atoms with Crippen LogP contribution in [0.15, 0.2) is 45.6 Å². The number of carbonyl (C=O) groups is 1. The summed E-state index contributed by atoms with van der Waals surface area (Å²) < 4.78 is 17.5. The van der Waals surface area contributed by atoms with E-state index in [2.05, 4.69) is 0 Å². The van der Waals surface area contributed by atoms with E-state index in [4.69, 9.17) is 25.5 Å². The maximum atomic E-state index is 13.0. The first kappa shape index (κ1) is 19.4. The molecule has 0 bridgehead atoms. The van der Waals surface area contributed by atoms with E-state index in [0.717, 1.165) is 0 Å². The number of ether oxygens (including phenoxy) is 2. The Labute approximate surface area is 172 Å². The van der Waals surface area contributed by atoms with Crippen molar-refractivity contribution in [1.82, 2.24) is 9.47 Å². The number of benzene rings is 2. The van der Waals surface area contributed by atoms with E-state index in [1.54, 1.807) is 53.0 Å². The molecule has 0 atom stereocenters. The Bertz CT molecular complexity index is 1110. The zero-order valence-corrected chi connectivity index (χ0v) is 16.9. The van der Waals surface area contributed by atoms with Gasteiger partial charge in [0.15, 0.2) is 5.58 Å². The van der Waals surface area contributed by atoms with Gasteiger partial charge in [0, 0.05) is 30.2 Å². The van der Waals surface area contributed by atoms with E-state index in [1.165, 1.54) is 7.11 Å². The van der Waals surface area contributed by atoms with Gasteiger partial charge in [-0.25, -0.2) is 4.79 Å². The Morgan fingerprint density at radius 2 is 1.86 bits per heavy atom. The molecule has 2 heterocycles. The molecular weight excluding hydrogens is 396 g/mol. The highest BCUT2D eigenvalue weighted by Gasteiger charge is 2.28. The number of halogens is 1. The lowest BCUT2D eigenvalue weighted by Crippen LogP contribution is -2.40. The lowest BCUT2D eigenvalue weighted by molar-refractivity contribution is 0.0690. The van der Waals surface area contributed by atoms with E-state index in [9.17, 15) is 9.59 Å². The number of amides is 1. The van der Waals surface area contributed by atoms with Crippen molar-refractivity contribution in [3.05, 3.63) is 57.5 Å². The van der Waals surface area contributed by atoms with Gasteiger partial charge in [0.05, 0.1) is 25.3 Å². The van der Waals surface area contributed by atoms with Gasteiger partial charge in [-0.05, 0) is 43.2 Å².